The van der Waals surface area contributed by atoms with E-state index < -0.39 is 11.3 Å². The first-order valence-electron chi connectivity index (χ1n) is 5.17. The number of nitrogens with one attached hydrogen (secondary N) is 1. The van der Waals surface area contributed by atoms with Crippen molar-refractivity contribution in [3.8, 4) is 0 Å². The van der Waals surface area contributed by atoms with Gasteiger partial charge in [0, 0.05) is 0 Å². The third-order valence-electron chi connectivity index (χ3n) is 2.05. The Bertz CT molecular complexity index is 428. The second-order valence-corrected chi connectivity index (χ2v) is 4.98. The second kappa shape index (κ2) is 6.02. The van der Waals surface area contributed by atoms with Crippen molar-refractivity contribution in [3.05, 3.63) is 15.8 Å². The molecule has 1 amide bonds. The molecule has 1 heterocycles. The summed E-state index contributed by atoms with van der Waals surface area (Å²) in [5.74, 6) is -0.762. The molecule has 0 aliphatic carbocycles. The van der Waals surface area contributed by atoms with Crippen molar-refractivity contribution in [2.45, 2.75) is 26.1 Å². The van der Waals surface area contributed by atoms with Crippen molar-refractivity contribution >= 4 is 40.5 Å². The second-order valence-electron chi connectivity index (χ2n) is 3.45. The molecule has 1 aromatic rings. The zero-order valence-electron chi connectivity index (χ0n) is 9.87. The summed E-state index contributed by atoms with van der Waals surface area (Å²) < 4.78 is 4.91. The summed E-state index contributed by atoms with van der Waals surface area (Å²) in [6, 6.07) is 0. The molecule has 1 aromatic heterocycles. The lowest BCUT2D eigenvalue weighted by Gasteiger charge is -2.08. The van der Waals surface area contributed by atoms with Crippen molar-refractivity contribution < 1.29 is 14.3 Å². The number of halogens is 1. The normalized spacial score (nSPS) is 12.0. The zero-order chi connectivity index (χ0) is 13.0. The molecule has 17 heavy (non-hydrogen) atoms. The van der Waals surface area contributed by atoms with E-state index >= 15 is 0 Å². The van der Waals surface area contributed by atoms with Gasteiger partial charge < -0.3 is 10.1 Å². The van der Waals surface area contributed by atoms with Crippen molar-refractivity contribution in [2.24, 2.45) is 0 Å². The number of thiophene rings is 1. The molecule has 0 aliphatic heterocycles. The van der Waals surface area contributed by atoms with Crippen LogP contribution < -0.4 is 5.32 Å². The maximum Gasteiger partial charge on any atom is 0.350 e. The van der Waals surface area contributed by atoms with Crippen molar-refractivity contribution in [3.63, 3.8) is 0 Å². The Morgan fingerprint density at radius 1 is 1.59 bits per heavy atom. The summed E-state index contributed by atoms with van der Waals surface area (Å²) in [7, 11) is 0. The lowest BCUT2D eigenvalue weighted by Crippen LogP contribution is -2.21. The molecular weight excluding hydrogens is 262 g/mol. The number of carbonyl (C=O) groups excluding carboxylic acids is 2. The van der Waals surface area contributed by atoms with Crippen LogP contribution in [0.2, 0.25) is 0 Å². The number of amides is 1. The van der Waals surface area contributed by atoms with Gasteiger partial charge >= 0.3 is 5.97 Å². The summed E-state index contributed by atoms with van der Waals surface area (Å²) in [5.41, 5.74) is 1.31. The Morgan fingerprint density at radius 3 is 2.76 bits per heavy atom. The number of hydrogen-bond acceptors (Lipinski definition) is 4. The molecule has 0 bridgehead atoms. The van der Waals surface area contributed by atoms with Gasteiger partial charge in [-0.05, 0) is 31.7 Å². The molecule has 4 nitrogen and oxygen atoms in total. The SMILES string of the molecule is CCOC(=O)c1scc(C)c1NC(=O)C(C)Cl. The Kier molecular flexibility index (Phi) is 4.96. The van der Waals surface area contributed by atoms with Crippen LogP contribution in [-0.4, -0.2) is 23.9 Å². The minimum Gasteiger partial charge on any atom is -0.462 e. The quantitative estimate of drug-likeness (QED) is 0.679. The summed E-state index contributed by atoms with van der Waals surface area (Å²) in [6.45, 7) is 5.42. The Hall–Kier alpha value is -1.07. The third-order valence-corrected chi connectivity index (χ3v) is 3.32. The van der Waals surface area contributed by atoms with E-state index in [2.05, 4.69) is 5.32 Å². The van der Waals surface area contributed by atoms with Gasteiger partial charge in [0.15, 0.2) is 0 Å². The zero-order valence-corrected chi connectivity index (χ0v) is 11.4. The Balaban J connectivity index is 2.94. The first kappa shape index (κ1) is 14.0. The predicted molar refractivity (Wildman–Crippen MR) is 69.0 cm³/mol. The largest absolute Gasteiger partial charge is 0.462 e. The first-order chi connectivity index (χ1) is 7.97. The van der Waals surface area contributed by atoms with Gasteiger partial charge in [-0.3, -0.25) is 4.79 Å². The minimum absolute atomic E-state index is 0.301. The molecule has 1 rings (SSSR count). The maximum absolute atomic E-state index is 11.6. The highest BCUT2D eigenvalue weighted by molar-refractivity contribution is 7.12. The molecule has 1 unspecified atom stereocenters. The summed E-state index contributed by atoms with van der Waals surface area (Å²) >= 11 is 6.91. The number of anilines is 1. The number of carbonyl (C=O) groups is 2. The van der Waals surface area contributed by atoms with E-state index in [1.54, 1.807) is 19.2 Å². The lowest BCUT2D eigenvalue weighted by molar-refractivity contribution is -0.115. The van der Waals surface area contributed by atoms with E-state index in [1.165, 1.54) is 11.3 Å². The molecule has 1 N–H and O–H groups in total. The van der Waals surface area contributed by atoms with Crippen LogP contribution in [0.3, 0.4) is 0 Å². The highest BCUT2D eigenvalue weighted by atomic mass is 35.5. The van der Waals surface area contributed by atoms with Gasteiger partial charge in [-0.25, -0.2) is 4.79 Å². The smallest absolute Gasteiger partial charge is 0.350 e. The molecule has 0 fully saturated rings. The molecule has 1 atom stereocenters. The van der Waals surface area contributed by atoms with Crippen LogP contribution in [0.5, 0.6) is 0 Å². The number of alkyl halides is 1. The topological polar surface area (TPSA) is 55.4 Å². The first-order valence-corrected chi connectivity index (χ1v) is 6.49. The van der Waals surface area contributed by atoms with E-state index in [4.69, 9.17) is 16.3 Å². The fourth-order valence-electron chi connectivity index (χ4n) is 1.17. The molecule has 6 heteroatoms. The van der Waals surface area contributed by atoms with Gasteiger partial charge in [-0.1, -0.05) is 0 Å². The van der Waals surface area contributed by atoms with Gasteiger partial charge in [0.25, 0.3) is 0 Å². The van der Waals surface area contributed by atoms with Gasteiger partial charge in [-0.2, -0.15) is 0 Å². The van der Waals surface area contributed by atoms with Gasteiger partial charge in [-0.15, -0.1) is 22.9 Å². The van der Waals surface area contributed by atoms with Crippen LogP contribution in [-0.2, 0) is 9.53 Å². The Morgan fingerprint density at radius 2 is 2.24 bits per heavy atom. The summed E-state index contributed by atoms with van der Waals surface area (Å²) in [6.07, 6.45) is 0. The van der Waals surface area contributed by atoms with E-state index in [0.717, 1.165) is 5.56 Å². The highest BCUT2D eigenvalue weighted by Crippen LogP contribution is 2.28. The van der Waals surface area contributed by atoms with Crippen LogP contribution in [0.15, 0.2) is 5.38 Å². The minimum atomic E-state index is -0.649. The number of rotatable bonds is 4. The predicted octanol–water partition coefficient (Wildman–Crippen LogP) is 2.80. The molecule has 94 valence electrons. The summed E-state index contributed by atoms with van der Waals surface area (Å²) in [4.78, 5) is 23.5. The molecule has 0 saturated heterocycles. The van der Waals surface area contributed by atoms with Crippen molar-refractivity contribution in [1.82, 2.24) is 0 Å². The van der Waals surface area contributed by atoms with Crippen LogP contribution in [0.25, 0.3) is 0 Å². The maximum atomic E-state index is 11.6. The van der Waals surface area contributed by atoms with Crippen LogP contribution >= 0.6 is 22.9 Å². The van der Waals surface area contributed by atoms with E-state index in [9.17, 15) is 9.59 Å². The fourth-order valence-corrected chi connectivity index (χ4v) is 2.12. The average Bonchev–Trinajstić information content (AvgIpc) is 2.61. The van der Waals surface area contributed by atoms with Gasteiger partial charge in [0.2, 0.25) is 5.91 Å². The highest BCUT2D eigenvalue weighted by Gasteiger charge is 2.20. The number of esters is 1. The molecule has 0 radical (unpaired) electrons. The Labute approximate surface area is 109 Å². The van der Waals surface area contributed by atoms with Crippen molar-refractivity contribution in [2.75, 3.05) is 11.9 Å². The average molecular weight is 276 g/mol. The lowest BCUT2D eigenvalue weighted by atomic mass is 10.2. The van der Waals surface area contributed by atoms with Crippen molar-refractivity contribution in [1.29, 1.82) is 0 Å². The van der Waals surface area contributed by atoms with Crippen LogP contribution in [0.4, 0.5) is 5.69 Å². The van der Waals surface area contributed by atoms with Gasteiger partial charge in [0.1, 0.15) is 10.3 Å². The molecule has 0 aromatic carbocycles. The van der Waals surface area contributed by atoms with E-state index in [1.807, 2.05) is 6.92 Å². The number of hydrogen-bond donors (Lipinski definition) is 1. The third kappa shape index (κ3) is 3.44. The number of ether oxygens (including phenoxy) is 1. The van der Waals surface area contributed by atoms with Gasteiger partial charge in [0.05, 0.1) is 12.3 Å². The fraction of sp³-hybridized carbons (Fsp3) is 0.455. The van der Waals surface area contributed by atoms with E-state index in [0.29, 0.717) is 17.2 Å². The van der Waals surface area contributed by atoms with Crippen LogP contribution in [0.1, 0.15) is 29.1 Å². The molecule has 0 saturated carbocycles. The van der Waals surface area contributed by atoms with E-state index in [-0.39, 0.29) is 5.91 Å². The standard InChI is InChI=1S/C11H14ClNO3S/c1-4-16-11(15)9-8(6(2)5-17-9)13-10(14)7(3)12/h5,7H,4H2,1-3H3,(H,13,14). The molecule has 0 aliphatic rings. The molecule has 0 spiro atoms. The summed E-state index contributed by atoms with van der Waals surface area (Å²) in [5, 5.41) is 3.78. The monoisotopic (exact) mass is 275 g/mol. The van der Waals surface area contributed by atoms with Crippen LogP contribution in [0, 0.1) is 6.92 Å². The molecular formula is C11H14ClNO3S. The number of aryl methyl sites for hydroxylation is 1.